The van der Waals surface area contributed by atoms with Gasteiger partial charge in [-0.3, -0.25) is 9.59 Å². The zero-order chi connectivity index (χ0) is 22.8. The normalized spacial score (nSPS) is 20.2. The second-order valence-corrected chi connectivity index (χ2v) is 8.72. The van der Waals surface area contributed by atoms with E-state index in [4.69, 9.17) is 4.74 Å². The lowest BCUT2D eigenvalue weighted by atomic mass is 9.84. The Kier molecular flexibility index (Phi) is 6.17. The molecule has 7 nitrogen and oxygen atoms in total. The number of rotatable bonds is 5. The molecule has 0 bridgehead atoms. The van der Waals surface area contributed by atoms with Gasteiger partial charge >= 0.3 is 6.03 Å². The molecule has 0 atom stereocenters. The van der Waals surface area contributed by atoms with Gasteiger partial charge in [0.2, 0.25) is 5.91 Å². The molecule has 0 radical (unpaired) electrons. The lowest BCUT2D eigenvalue weighted by molar-refractivity contribution is -0.121. The third-order valence-corrected chi connectivity index (χ3v) is 6.65. The van der Waals surface area contributed by atoms with Gasteiger partial charge in [-0.25, -0.2) is 4.79 Å². The van der Waals surface area contributed by atoms with Crippen LogP contribution in [0, 0.1) is 19.8 Å². The average Bonchev–Trinajstić information content (AvgIpc) is 2.79. The van der Waals surface area contributed by atoms with Gasteiger partial charge in [0.05, 0.1) is 13.7 Å². The van der Waals surface area contributed by atoms with Crippen molar-refractivity contribution in [3.05, 3.63) is 52.6 Å². The molecule has 0 spiro atoms. The minimum absolute atomic E-state index is 0.0139. The van der Waals surface area contributed by atoms with E-state index < -0.39 is 0 Å². The quantitative estimate of drug-likeness (QED) is 0.668. The molecule has 2 aromatic carbocycles. The molecule has 2 N–H and O–H groups in total. The number of aryl methyl sites for hydroxylation is 2. The van der Waals surface area contributed by atoms with Crippen molar-refractivity contribution in [1.29, 1.82) is 0 Å². The maximum absolute atomic E-state index is 12.8. The fourth-order valence-corrected chi connectivity index (χ4v) is 4.75. The highest BCUT2D eigenvalue weighted by atomic mass is 16.5. The van der Waals surface area contributed by atoms with E-state index in [9.17, 15) is 14.4 Å². The van der Waals surface area contributed by atoms with Gasteiger partial charge in [-0.2, -0.15) is 0 Å². The van der Waals surface area contributed by atoms with E-state index in [1.54, 1.807) is 13.2 Å². The van der Waals surface area contributed by atoms with Crippen molar-refractivity contribution < 1.29 is 19.1 Å². The van der Waals surface area contributed by atoms with E-state index >= 15 is 0 Å². The molecule has 0 unspecified atom stereocenters. The maximum atomic E-state index is 12.8. The molecule has 1 heterocycles. The standard InChI is InChI=1S/C25H29N3O4/c1-15-4-7-19(12-23(15)32-3)26-24(30)18-5-8-20(9-6-18)28-13-21-16(2)10-17(14-29)11-22(21)27-25(28)31/h4,7,10-12,14,18,20H,5-6,8-9,13H2,1-3H3,(H,26,30)(H,27,31). The summed E-state index contributed by atoms with van der Waals surface area (Å²) in [4.78, 5) is 38.5. The highest BCUT2D eigenvalue weighted by Gasteiger charge is 2.34. The first-order valence-electron chi connectivity index (χ1n) is 11.0. The molecule has 0 saturated heterocycles. The van der Waals surface area contributed by atoms with Crippen LogP contribution >= 0.6 is 0 Å². The number of anilines is 2. The van der Waals surface area contributed by atoms with Crippen molar-refractivity contribution in [2.24, 2.45) is 5.92 Å². The number of aldehydes is 1. The molecule has 0 aromatic heterocycles. The third-order valence-electron chi connectivity index (χ3n) is 6.65. The zero-order valence-electron chi connectivity index (χ0n) is 18.7. The summed E-state index contributed by atoms with van der Waals surface area (Å²) in [6.45, 7) is 4.45. The monoisotopic (exact) mass is 435 g/mol. The topological polar surface area (TPSA) is 87.7 Å². The molecular formula is C25H29N3O4. The van der Waals surface area contributed by atoms with Crippen molar-refractivity contribution in [2.45, 2.75) is 52.1 Å². The number of nitrogens with one attached hydrogen (secondary N) is 2. The minimum atomic E-state index is -0.139. The molecule has 32 heavy (non-hydrogen) atoms. The summed E-state index contributed by atoms with van der Waals surface area (Å²) in [5.41, 5.74) is 5.07. The van der Waals surface area contributed by atoms with E-state index in [0.29, 0.717) is 12.1 Å². The summed E-state index contributed by atoms with van der Waals surface area (Å²) >= 11 is 0. The third kappa shape index (κ3) is 4.33. The van der Waals surface area contributed by atoms with Gasteiger partial charge in [0, 0.05) is 35.0 Å². The first-order chi connectivity index (χ1) is 15.4. The van der Waals surface area contributed by atoms with E-state index in [1.807, 2.05) is 43.0 Å². The van der Waals surface area contributed by atoms with Crippen molar-refractivity contribution in [3.8, 4) is 5.75 Å². The summed E-state index contributed by atoms with van der Waals surface area (Å²) < 4.78 is 5.34. The Balaban J connectivity index is 1.38. The number of carbonyl (C=O) groups is 3. The van der Waals surface area contributed by atoms with Crippen LogP contribution in [0.2, 0.25) is 0 Å². The van der Waals surface area contributed by atoms with E-state index in [0.717, 1.165) is 65.8 Å². The van der Waals surface area contributed by atoms with Gasteiger partial charge in [0.25, 0.3) is 0 Å². The van der Waals surface area contributed by atoms with E-state index in [-0.39, 0.29) is 23.9 Å². The first kappa shape index (κ1) is 21.9. The van der Waals surface area contributed by atoms with E-state index in [1.165, 1.54) is 0 Å². The van der Waals surface area contributed by atoms with Crippen LogP contribution in [0.4, 0.5) is 16.2 Å². The second-order valence-electron chi connectivity index (χ2n) is 8.72. The predicted octanol–water partition coefficient (Wildman–Crippen LogP) is 4.67. The number of carbonyl (C=O) groups excluding carboxylic acids is 3. The number of hydrogen-bond acceptors (Lipinski definition) is 4. The Morgan fingerprint density at radius 2 is 1.88 bits per heavy atom. The largest absolute Gasteiger partial charge is 0.496 e. The van der Waals surface area contributed by atoms with Crippen LogP contribution < -0.4 is 15.4 Å². The Morgan fingerprint density at radius 3 is 2.56 bits per heavy atom. The number of benzene rings is 2. The van der Waals surface area contributed by atoms with Crippen LogP contribution in [0.25, 0.3) is 0 Å². The number of amides is 3. The van der Waals surface area contributed by atoms with Crippen LogP contribution in [0.15, 0.2) is 30.3 Å². The van der Waals surface area contributed by atoms with Gasteiger partial charge in [-0.1, -0.05) is 6.07 Å². The van der Waals surface area contributed by atoms with Crippen LogP contribution in [0.3, 0.4) is 0 Å². The van der Waals surface area contributed by atoms with Gasteiger partial charge in [-0.05, 0) is 74.4 Å². The molecule has 168 valence electrons. The molecule has 1 aliphatic heterocycles. The molecule has 2 aliphatic rings. The fraction of sp³-hybridized carbons (Fsp3) is 0.400. The maximum Gasteiger partial charge on any atom is 0.322 e. The molecule has 1 aliphatic carbocycles. The molecule has 1 saturated carbocycles. The lowest BCUT2D eigenvalue weighted by Gasteiger charge is -2.39. The number of ether oxygens (including phenoxy) is 1. The first-order valence-corrected chi connectivity index (χ1v) is 11.0. The number of methoxy groups -OCH3 is 1. The summed E-state index contributed by atoms with van der Waals surface area (Å²) in [6.07, 6.45) is 3.83. The second kappa shape index (κ2) is 9.02. The summed E-state index contributed by atoms with van der Waals surface area (Å²) in [5, 5.41) is 5.95. The van der Waals surface area contributed by atoms with Crippen LogP contribution in [-0.2, 0) is 11.3 Å². The SMILES string of the molecule is COc1cc(NC(=O)C2CCC(N3Cc4c(C)cc(C=O)cc4NC3=O)CC2)ccc1C. The molecule has 7 heteroatoms. The van der Waals surface area contributed by atoms with Crippen LogP contribution in [-0.4, -0.2) is 36.3 Å². The minimum Gasteiger partial charge on any atom is -0.496 e. The number of fused-ring (bicyclic) bond motifs is 1. The zero-order valence-corrected chi connectivity index (χ0v) is 18.7. The lowest BCUT2D eigenvalue weighted by Crippen LogP contribution is -2.47. The fourth-order valence-electron chi connectivity index (χ4n) is 4.75. The van der Waals surface area contributed by atoms with Gasteiger partial charge in [0.1, 0.15) is 12.0 Å². The van der Waals surface area contributed by atoms with Crippen LogP contribution in [0.1, 0.15) is 52.7 Å². The Bertz CT molecular complexity index is 1060. The van der Waals surface area contributed by atoms with Crippen molar-refractivity contribution in [1.82, 2.24) is 4.90 Å². The molecule has 2 aromatic rings. The Hall–Kier alpha value is -3.35. The molecule has 1 fully saturated rings. The molecular weight excluding hydrogens is 406 g/mol. The van der Waals surface area contributed by atoms with Gasteiger partial charge in [0.15, 0.2) is 0 Å². The van der Waals surface area contributed by atoms with Gasteiger partial charge in [-0.15, -0.1) is 0 Å². The molecule has 4 rings (SSSR count). The number of urea groups is 1. The Labute approximate surface area is 188 Å². The predicted molar refractivity (Wildman–Crippen MR) is 123 cm³/mol. The Morgan fingerprint density at radius 1 is 1.12 bits per heavy atom. The number of nitrogens with zero attached hydrogens (tertiary/aromatic N) is 1. The highest BCUT2D eigenvalue weighted by Crippen LogP contribution is 2.34. The smallest absolute Gasteiger partial charge is 0.322 e. The summed E-state index contributed by atoms with van der Waals surface area (Å²) in [6, 6.07) is 9.19. The van der Waals surface area contributed by atoms with Crippen molar-refractivity contribution in [3.63, 3.8) is 0 Å². The summed E-state index contributed by atoms with van der Waals surface area (Å²) in [7, 11) is 1.62. The van der Waals surface area contributed by atoms with Crippen LogP contribution in [0.5, 0.6) is 5.75 Å². The van der Waals surface area contributed by atoms with Gasteiger partial charge < -0.3 is 20.3 Å². The van der Waals surface area contributed by atoms with Crippen molar-refractivity contribution >= 4 is 29.6 Å². The molecule has 3 amide bonds. The number of hydrogen-bond donors (Lipinski definition) is 2. The highest BCUT2D eigenvalue weighted by molar-refractivity contribution is 5.95. The van der Waals surface area contributed by atoms with E-state index in [2.05, 4.69) is 10.6 Å². The summed E-state index contributed by atoms with van der Waals surface area (Å²) in [5.74, 6) is 0.689. The van der Waals surface area contributed by atoms with Crippen molar-refractivity contribution in [2.75, 3.05) is 17.7 Å². The average molecular weight is 436 g/mol.